The van der Waals surface area contributed by atoms with E-state index in [1.54, 1.807) is 44.6 Å². The van der Waals surface area contributed by atoms with Crippen LogP contribution in [0.25, 0.3) is 11.1 Å². The lowest BCUT2D eigenvalue weighted by Crippen LogP contribution is -2.52. The van der Waals surface area contributed by atoms with Crippen molar-refractivity contribution < 1.29 is 23.0 Å². The molecule has 2 aliphatic rings. The molecular weight excluding hydrogens is 480 g/mol. The van der Waals surface area contributed by atoms with Gasteiger partial charge in [0.25, 0.3) is 11.8 Å². The number of rotatable bonds is 7. The predicted octanol–water partition coefficient (Wildman–Crippen LogP) is 3.78. The number of aromatic nitrogens is 1. The lowest BCUT2D eigenvalue weighted by atomic mass is 9.86. The van der Waals surface area contributed by atoms with E-state index in [1.165, 1.54) is 11.1 Å². The second-order valence-electron chi connectivity index (χ2n) is 9.33. The highest BCUT2D eigenvalue weighted by Gasteiger charge is 2.44. The molecule has 2 aliphatic heterocycles. The zero-order valence-electron chi connectivity index (χ0n) is 21.0. The smallest absolute Gasteiger partial charge is 0.296 e. The standard InChI is InChI=1S/C27H29F2N5O3/c1-5-32-23(26(35)34(3)4)16(2)20-14-36-25-19(8-11-33-24(20)25)17-6-7-21(18(12-17)13-30)37-22-9-10-31-15-27(22,28)29/h5-8,11-12,16,20,22,31H,1,9-10,14-15H2,2-4H3. The van der Waals surface area contributed by atoms with E-state index in [0.29, 0.717) is 41.4 Å². The molecule has 0 aliphatic carbocycles. The first-order valence-electron chi connectivity index (χ1n) is 12.0. The van der Waals surface area contributed by atoms with E-state index < -0.39 is 18.6 Å². The zero-order chi connectivity index (χ0) is 26.7. The average molecular weight is 510 g/mol. The Balaban J connectivity index is 1.64. The summed E-state index contributed by atoms with van der Waals surface area (Å²) >= 11 is 0. The van der Waals surface area contributed by atoms with Gasteiger partial charge in [0.2, 0.25) is 0 Å². The number of hydrogen-bond donors (Lipinski definition) is 1. The third-order valence-electron chi connectivity index (χ3n) is 6.68. The lowest BCUT2D eigenvalue weighted by molar-refractivity contribution is -0.122. The molecule has 1 saturated heterocycles. The summed E-state index contributed by atoms with van der Waals surface area (Å²) in [6.07, 6.45) is 1.82. The van der Waals surface area contributed by atoms with Gasteiger partial charge in [-0.25, -0.2) is 8.78 Å². The zero-order valence-corrected chi connectivity index (χ0v) is 21.0. The summed E-state index contributed by atoms with van der Waals surface area (Å²) in [4.78, 5) is 22.9. The van der Waals surface area contributed by atoms with Crippen molar-refractivity contribution in [2.75, 3.05) is 33.8 Å². The number of hydrogen-bond acceptors (Lipinski definition) is 7. The summed E-state index contributed by atoms with van der Waals surface area (Å²) in [7, 11) is 3.32. The van der Waals surface area contributed by atoms with Gasteiger partial charge < -0.3 is 19.7 Å². The number of amides is 1. The fourth-order valence-corrected chi connectivity index (χ4v) is 4.63. The first-order valence-corrected chi connectivity index (χ1v) is 12.0. The molecule has 1 fully saturated rings. The molecule has 3 unspecified atom stereocenters. The van der Waals surface area contributed by atoms with Gasteiger partial charge in [0, 0.05) is 50.3 Å². The number of carbonyl (C=O) groups is 1. The van der Waals surface area contributed by atoms with Gasteiger partial charge in [-0.2, -0.15) is 5.26 Å². The van der Waals surface area contributed by atoms with Gasteiger partial charge in [-0.1, -0.05) is 19.6 Å². The van der Waals surface area contributed by atoms with E-state index in [4.69, 9.17) is 9.47 Å². The minimum atomic E-state index is -3.03. The minimum absolute atomic E-state index is 0.114. The normalized spacial score (nSPS) is 21.2. The Morgan fingerprint density at radius 3 is 2.89 bits per heavy atom. The first-order chi connectivity index (χ1) is 17.7. The van der Waals surface area contributed by atoms with E-state index >= 15 is 0 Å². The van der Waals surface area contributed by atoms with Crippen LogP contribution in [0.5, 0.6) is 11.5 Å². The van der Waals surface area contributed by atoms with Crippen molar-refractivity contribution >= 4 is 11.6 Å². The van der Waals surface area contributed by atoms with Crippen LogP contribution in [-0.2, 0) is 4.79 Å². The molecule has 3 atom stereocenters. The fourth-order valence-electron chi connectivity index (χ4n) is 4.63. The number of halogens is 2. The Hall–Kier alpha value is -3.84. The number of fused-ring (bicyclic) bond motifs is 1. The van der Waals surface area contributed by atoms with Gasteiger partial charge in [-0.3, -0.25) is 14.8 Å². The molecule has 0 radical (unpaired) electrons. The molecule has 1 aromatic carbocycles. The summed E-state index contributed by atoms with van der Waals surface area (Å²) in [5, 5.41) is 12.4. The molecule has 3 heterocycles. The van der Waals surface area contributed by atoms with Crippen molar-refractivity contribution in [1.82, 2.24) is 15.2 Å². The number of nitrogens with zero attached hydrogens (tertiary/aromatic N) is 4. The van der Waals surface area contributed by atoms with Crippen LogP contribution in [0.4, 0.5) is 8.78 Å². The molecular formula is C27H29F2N5O3. The Morgan fingerprint density at radius 2 is 2.22 bits per heavy atom. The van der Waals surface area contributed by atoms with E-state index in [-0.39, 0.29) is 35.5 Å². The fraction of sp³-hybridized carbons (Fsp3) is 0.407. The number of nitrogens with one attached hydrogen (secondary N) is 1. The van der Waals surface area contributed by atoms with Crippen molar-refractivity contribution in [2.45, 2.75) is 31.3 Å². The van der Waals surface area contributed by atoms with Gasteiger partial charge in [0.15, 0.2) is 6.10 Å². The largest absolute Gasteiger partial charge is 0.490 e. The number of aliphatic imine (C=N–C) groups is 1. The SMILES string of the molecule is C=CN=C(C(=O)N(C)C)C(C)C1COc2c(-c3ccc(OC4CCNCC4(F)F)c(C#N)c3)ccnc21. The molecule has 1 N–H and O–H groups in total. The van der Waals surface area contributed by atoms with E-state index in [1.807, 2.05) is 6.92 Å². The van der Waals surface area contributed by atoms with Crippen LogP contribution in [0.1, 0.15) is 30.5 Å². The summed E-state index contributed by atoms with van der Waals surface area (Å²) in [5.41, 5.74) is 2.56. The van der Waals surface area contributed by atoms with E-state index in [0.717, 1.165) is 0 Å². The van der Waals surface area contributed by atoms with Crippen LogP contribution in [0.2, 0.25) is 0 Å². The maximum Gasteiger partial charge on any atom is 0.296 e. The molecule has 0 spiro atoms. The van der Waals surface area contributed by atoms with Crippen LogP contribution in [0, 0.1) is 17.2 Å². The molecule has 37 heavy (non-hydrogen) atoms. The Labute approximate surface area is 214 Å². The number of piperidine rings is 1. The maximum atomic E-state index is 14.3. The highest BCUT2D eigenvalue weighted by Crippen LogP contribution is 2.44. The van der Waals surface area contributed by atoms with Crippen molar-refractivity contribution in [3.05, 3.63) is 54.5 Å². The number of pyridine rings is 1. The van der Waals surface area contributed by atoms with Crippen LogP contribution >= 0.6 is 0 Å². The van der Waals surface area contributed by atoms with E-state index in [2.05, 4.69) is 27.9 Å². The quantitative estimate of drug-likeness (QED) is 0.571. The van der Waals surface area contributed by atoms with Crippen molar-refractivity contribution in [1.29, 1.82) is 5.26 Å². The summed E-state index contributed by atoms with van der Waals surface area (Å²) < 4.78 is 40.2. The van der Waals surface area contributed by atoms with Crippen molar-refractivity contribution in [2.24, 2.45) is 10.9 Å². The van der Waals surface area contributed by atoms with Crippen molar-refractivity contribution in [3.8, 4) is 28.7 Å². The molecule has 0 saturated carbocycles. The number of ether oxygens (including phenoxy) is 2. The number of alkyl halides is 2. The average Bonchev–Trinajstić information content (AvgIpc) is 3.32. The molecule has 194 valence electrons. The number of carbonyl (C=O) groups excluding carboxylic acids is 1. The Morgan fingerprint density at radius 1 is 1.43 bits per heavy atom. The molecule has 1 amide bonds. The van der Waals surface area contributed by atoms with Gasteiger partial charge >= 0.3 is 0 Å². The Bertz CT molecular complexity index is 1270. The summed E-state index contributed by atoms with van der Waals surface area (Å²) in [5.74, 6) is -3.10. The molecule has 8 nitrogen and oxygen atoms in total. The number of benzene rings is 1. The molecule has 2 aromatic rings. The van der Waals surface area contributed by atoms with Crippen LogP contribution < -0.4 is 14.8 Å². The second kappa shape index (κ2) is 10.6. The maximum absolute atomic E-state index is 14.3. The molecule has 4 rings (SSSR count). The molecule has 10 heteroatoms. The third-order valence-corrected chi connectivity index (χ3v) is 6.68. The lowest BCUT2D eigenvalue weighted by Gasteiger charge is -2.32. The van der Waals surface area contributed by atoms with Gasteiger partial charge in [-0.05, 0) is 30.3 Å². The Kier molecular flexibility index (Phi) is 7.55. The third kappa shape index (κ3) is 5.18. The molecule has 0 bridgehead atoms. The predicted molar refractivity (Wildman–Crippen MR) is 135 cm³/mol. The summed E-state index contributed by atoms with van der Waals surface area (Å²) in [6.45, 7) is 5.79. The van der Waals surface area contributed by atoms with Crippen molar-refractivity contribution in [3.63, 3.8) is 0 Å². The monoisotopic (exact) mass is 509 g/mol. The van der Waals surface area contributed by atoms with Crippen LogP contribution in [-0.4, -0.2) is 67.3 Å². The minimum Gasteiger partial charge on any atom is -0.490 e. The van der Waals surface area contributed by atoms with E-state index in [9.17, 15) is 18.8 Å². The highest BCUT2D eigenvalue weighted by atomic mass is 19.3. The van der Waals surface area contributed by atoms with Gasteiger partial charge in [0.05, 0.1) is 24.4 Å². The van der Waals surface area contributed by atoms with Gasteiger partial charge in [0.1, 0.15) is 23.3 Å². The first kappa shape index (κ1) is 26.2. The second-order valence-corrected chi connectivity index (χ2v) is 9.33. The highest BCUT2D eigenvalue weighted by molar-refractivity contribution is 6.39. The molecule has 1 aromatic heterocycles. The van der Waals surface area contributed by atoms with Crippen LogP contribution in [0.15, 0.2) is 48.2 Å². The number of nitriles is 1. The topological polar surface area (TPSA) is 99.8 Å². The van der Waals surface area contributed by atoms with Gasteiger partial charge in [-0.15, -0.1) is 0 Å². The van der Waals surface area contributed by atoms with Crippen LogP contribution in [0.3, 0.4) is 0 Å². The summed E-state index contributed by atoms with van der Waals surface area (Å²) in [6, 6.07) is 8.69.